The fourth-order valence-electron chi connectivity index (χ4n) is 2.59. The fraction of sp³-hybridized carbons (Fsp3) is 0.462. The highest BCUT2D eigenvalue weighted by atomic mass is 32.2. The molecule has 2 aliphatic heterocycles. The minimum atomic E-state index is -3.47. The van der Waals surface area contributed by atoms with Crippen LogP contribution in [0.3, 0.4) is 0 Å². The maximum Gasteiger partial charge on any atom is 0.243 e. The maximum absolute atomic E-state index is 12.6. The monoisotopic (exact) mass is 295 g/mol. The topological polar surface area (TPSA) is 78.5 Å². The van der Waals surface area contributed by atoms with Crippen LogP contribution in [0.1, 0.15) is 18.4 Å². The molecule has 7 heteroatoms. The molecule has 2 heterocycles. The van der Waals surface area contributed by atoms with Gasteiger partial charge in [0.1, 0.15) is 0 Å². The Morgan fingerprint density at radius 2 is 1.95 bits per heavy atom. The van der Waals surface area contributed by atoms with Gasteiger partial charge < -0.3 is 10.6 Å². The molecule has 0 spiro atoms. The lowest BCUT2D eigenvalue weighted by Crippen LogP contribution is -2.46. The van der Waals surface area contributed by atoms with E-state index in [0.29, 0.717) is 31.9 Å². The van der Waals surface area contributed by atoms with Crippen LogP contribution in [0.25, 0.3) is 0 Å². The van der Waals surface area contributed by atoms with Gasteiger partial charge in [0, 0.05) is 31.9 Å². The van der Waals surface area contributed by atoms with Crippen molar-refractivity contribution in [2.24, 2.45) is 0 Å². The van der Waals surface area contributed by atoms with E-state index < -0.39 is 10.0 Å². The van der Waals surface area contributed by atoms with Gasteiger partial charge in [0.05, 0.1) is 10.8 Å². The Labute approximate surface area is 118 Å². The van der Waals surface area contributed by atoms with E-state index in [9.17, 15) is 13.2 Å². The van der Waals surface area contributed by atoms with E-state index in [-0.39, 0.29) is 16.7 Å². The first-order valence-corrected chi connectivity index (χ1v) is 8.10. The summed E-state index contributed by atoms with van der Waals surface area (Å²) in [5.74, 6) is -0.389. The standard InChI is InChI=1S/C13H17N3O3S/c1-9-11-8-10(2-3-12(11)15-13(9)17)20(18,19)16-6-4-14-5-7-16/h2-3,8-9,14H,4-7H2,1H3,(H,15,17). The number of sulfonamides is 1. The average Bonchev–Trinajstić information content (AvgIpc) is 2.75. The SMILES string of the molecule is CC1C(=O)Nc2ccc(S(=O)(=O)N3CCNCC3)cc21. The molecule has 0 aromatic heterocycles. The zero-order valence-corrected chi connectivity index (χ0v) is 12.0. The van der Waals surface area contributed by atoms with E-state index in [1.54, 1.807) is 25.1 Å². The lowest BCUT2D eigenvalue weighted by molar-refractivity contribution is -0.116. The fourth-order valence-corrected chi connectivity index (χ4v) is 4.07. The number of hydrogen-bond acceptors (Lipinski definition) is 4. The summed E-state index contributed by atoms with van der Waals surface area (Å²) >= 11 is 0. The number of amides is 1. The van der Waals surface area contributed by atoms with Gasteiger partial charge in [-0.1, -0.05) is 0 Å². The van der Waals surface area contributed by atoms with Gasteiger partial charge in [-0.2, -0.15) is 4.31 Å². The van der Waals surface area contributed by atoms with Crippen molar-refractivity contribution in [3.63, 3.8) is 0 Å². The van der Waals surface area contributed by atoms with Gasteiger partial charge in [-0.15, -0.1) is 0 Å². The summed E-state index contributed by atoms with van der Waals surface area (Å²) in [6.45, 7) is 4.07. The van der Waals surface area contributed by atoms with Crippen molar-refractivity contribution in [1.29, 1.82) is 0 Å². The lowest BCUT2D eigenvalue weighted by Gasteiger charge is -2.26. The molecule has 1 amide bonds. The molecule has 0 saturated carbocycles. The van der Waals surface area contributed by atoms with Crippen LogP contribution in [-0.2, 0) is 14.8 Å². The van der Waals surface area contributed by atoms with Gasteiger partial charge in [-0.05, 0) is 30.7 Å². The predicted molar refractivity (Wildman–Crippen MR) is 75.1 cm³/mol. The van der Waals surface area contributed by atoms with Crippen LogP contribution in [-0.4, -0.2) is 44.8 Å². The molecule has 2 aliphatic rings. The van der Waals surface area contributed by atoms with Crippen molar-refractivity contribution in [1.82, 2.24) is 9.62 Å². The van der Waals surface area contributed by atoms with Crippen molar-refractivity contribution in [3.8, 4) is 0 Å². The first kappa shape index (κ1) is 13.5. The van der Waals surface area contributed by atoms with E-state index in [4.69, 9.17) is 0 Å². The number of carbonyl (C=O) groups is 1. The molecule has 1 aromatic rings. The van der Waals surface area contributed by atoms with Crippen molar-refractivity contribution in [3.05, 3.63) is 23.8 Å². The summed E-state index contributed by atoms with van der Waals surface area (Å²) < 4.78 is 26.6. The highest BCUT2D eigenvalue weighted by Gasteiger charge is 2.31. The Hall–Kier alpha value is -1.44. The minimum Gasteiger partial charge on any atom is -0.325 e. The molecule has 0 bridgehead atoms. The number of hydrogen-bond donors (Lipinski definition) is 2. The highest BCUT2D eigenvalue weighted by Crippen LogP contribution is 2.34. The number of fused-ring (bicyclic) bond motifs is 1. The zero-order valence-electron chi connectivity index (χ0n) is 11.2. The molecule has 1 saturated heterocycles. The second-order valence-corrected chi connectivity index (χ2v) is 7.05. The molecule has 1 fully saturated rings. The third-order valence-electron chi connectivity index (χ3n) is 3.85. The van der Waals surface area contributed by atoms with Crippen LogP contribution in [0.2, 0.25) is 0 Å². The lowest BCUT2D eigenvalue weighted by atomic mass is 10.0. The predicted octanol–water partition coefficient (Wildman–Crippen LogP) is 0.336. The summed E-state index contributed by atoms with van der Waals surface area (Å²) in [5.41, 5.74) is 1.47. The summed E-state index contributed by atoms with van der Waals surface area (Å²) in [6.07, 6.45) is 0. The average molecular weight is 295 g/mol. The largest absolute Gasteiger partial charge is 0.325 e. The summed E-state index contributed by atoms with van der Waals surface area (Å²) in [4.78, 5) is 11.9. The molecular weight excluding hydrogens is 278 g/mol. The Kier molecular flexibility index (Phi) is 3.27. The molecule has 108 valence electrons. The molecule has 0 radical (unpaired) electrons. The van der Waals surface area contributed by atoms with Gasteiger partial charge in [0.25, 0.3) is 0 Å². The first-order valence-electron chi connectivity index (χ1n) is 6.66. The quantitative estimate of drug-likeness (QED) is 0.824. The highest BCUT2D eigenvalue weighted by molar-refractivity contribution is 7.89. The van der Waals surface area contributed by atoms with E-state index in [2.05, 4.69) is 10.6 Å². The van der Waals surface area contributed by atoms with Crippen LogP contribution >= 0.6 is 0 Å². The van der Waals surface area contributed by atoms with E-state index in [1.165, 1.54) is 4.31 Å². The van der Waals surface area contributed by atoms with Gasteiger partial charge in [0.2, 0.25) is 15.9 Å². The number of benzene rings is 1. The molecule has 6 nitrogen and oxygen atoms in total. The van der Waals surface area contributed by atoms with Crippen LogP contribution in [0.15, 0.2) is 23.1 Å². The number of rotatable bonds is 2. The van der Waals surface area contributed by atoms with Crippen LogP contribution < -0.4 is 10.6 Å². The first-order chi connectivity index (χ1) is 9.50. The van der Waals surface area contributed by atoms with Crippen molar-refractivity contribution < 1.29 is 13.2 Å². The number of nitrogens with zero attached hydrogens (tertiary/aromatic N) is 1. The molecule has 1 aromatic carbocycles. The molecular formula is C13H17N3O3S. The van der Waals surface area contributed by atoms with Gasteiger partial charge in [0.15, 0.2) is 0 Å². The maximum atomic E-state index is 12.6. The zero-order chi connectivity index (χ0) is 14.3. The third kappa shape index (κ3) is 2.11. The number of carbonyl (C=O) groups excluding carboxylic acids is 1. The van der Waals surface area contributed by atoms with E-state index in [1.807, 2.05) is 0 Å². The summed E-state index contributed by atoms with van der Waals surface area (Å²) in [7, 11) is -3.47. The molecule has 1 unspecified atom stereocenters. The molecule has 3 rings (SSSR count). The molecule has 1 atom stereocenters. The van der Waals surface area contributed by atoms with Crippen LogP contribution in [0, 0.1) is 0 Å². The van der Waals surface area contributed by atoms with Crippen molar-refractivity contribution in [2.45, 2.75) is 17.7 Å². The minimum absolute atomic E-state index is 0.0864. The van der Waals surface area contributed by atoms with Gasteiger partial charge in [-0.25, -0.2) is 8.42 Å². The smallest absolute Gasteiger partial charge is 0.243 e. The number of nitrogens with one attached hydrogen (secondary N) is 2. The second kappa shape index (κ2) is 4.83. The van der Waals surface area contributed by atoms with Crippen molar-refractivity contribution >= 4 is 21.6 Å². The van der Waals surface area contributed by atoms with Gasteiger partial charge >= 0.3 is 0 Å². The normalized spacial score (nSPS) is 23.4. The Morgan fingerprint density at radius 1 is 1.25 bits per heavy atom. The Morgan fingerprint density at radius 3 is 2.65 bits per heavy atom. The Balaban J connectivity index is 1.97. The molecule has 20 heavy (non-hydrogen) atoms. The van der Waals surface area contributed by atoms with Gasteiger partial charge in [-0.3, -0.25) is 4.79 Å². The summed E-state index contributed by atoms with van der Waals surface area (Å²) in [6, 6.07) is 4.86. The number of piperazine rings is 1. The van der Waals surface area contributed by atoms with Crippen LogP contribution in [0.4, 0.5) is 5.69 Å². The van der Waals surface area contributed by atoms with E-state index in [0.717, 1.165) is 5.56 Å². The number of anilines is 1. The second-order valence-electron chi connectivity index (χ2n) is 5.11. The van der Waals surface area contributed by atoms with Crippen LogP contribution in [0.5, 0.6) is 0 Å². The Bertz CT molecular complexity index is 651. The third-order valence-corrected chi connectivity index (χ3v) is 5.75. The molecule has 0 aliphatic carbocycles. The summed E-state index contributed by atoms with van der Waals surface area (Å²) in [5, 5.41) is 5.88. The molecule has 2 N–H and O–H groups in total. The van der Waals surface area contributed by atoms with E-state index >= 15 is 0 Å². The van der Waals surface area contributed by atoms with Crippen molar-refractivity contribution in [2.75, 3.05) is 31.5 Å².